The number of ether oxygens (including phenoxy) is 3. The minimum Gasteiger partial charge on any atom is -0.489 e. The number of nitrogens with zero attached hydrogens (tertiary/aromatic N) is 4. The number of aromatic amines is 1. The van der Waals surface area contributed by atoms with E-state index in [4.69, 9.17) is 14.2 Å². The van der Waals surface area contributed by atoms with Crippen LogP contribution in [0.25, 0.3) is 10.9 Å². The predicted octanol–water partition coefficient (Wildman–Crippen LogP) is 5.10. The van der Waals surface area contributed by atoms with Crippen molar-refractivity contribution in [3.63, 3.8) is 0 Å². The van der Waals surface area contributed by atoms with Gasteiger partial charge >= 0.3 is 0 Å². The van der Waals surface area contributed by atoms with Crippen molar-refractivity contribution >= 4 is 10.9 Å². The summed E-state index contributed by atoms with van der Waals surface area (Å²) in [4.78, 5) is 4.66. The Balaban J connectivity index is 1.16. The third-order valence-electron chi connectivity index (χ3n) is 5.57. The highest BCUT2D eigenvalue weighted by molar-refractivity contribution is 5.78. The van der Waals surface area contributed by atoms with Gasteiger partial charge in [0, 0.05) is 5.39 Å². The van der Waals surface area contributed by atoms with E-state index >= 15 is 0 Å². The Labute approximate surface area is 202 Å². The lowest BCUT2D eigenvalue weighted by molar-refractivity contribution is 0.289. The molecular weight excluding hydrogens is 442 g/mol. The first-order valence-electron chi connectivity index (χ1n) is 11.3. The molecule has 176 valence electrons. The van der Waals surface area contributed by atoms with E-state index < -0.39 is 0 Å². The molecule has 2 heterocycles. The molecule has 0 aliphatic rings. The van der Waals surface area contributed by atoms with Gasteiger partial charge in [0.1, 0.15) is 30.5 Å². The Hall–Kier alpha value is -4.46. The lowest BCUT2D eigenvalue weighted by Crippen LogP contribution is -2.02. The van der Waals surface area contributed by atoms with Crippen molar-refractivity contribution in [2.24, 2.45) is 0 Å². The fourth-order valence-corrected chi connectivity index (χ4v) is 3.73. The highest BCUT2D eigenvalue weighted by Crippen LogP contribution is 2.26. The summed E-state index contributed by atoms with van der Waals surface area (Å²) in [6, 6.07) is 23.9. The summed E-state index contributed by atoms with van der Waals surface area (Å²) in [6.45, 7) is 5.13. The summed E-state index contributed by atoms with van der Waals surface area (Å²) in [5.41, 5.74) is 4.93. The molecule has 0 aliphatic carbocycles. The monoisotopic (exact) mass is 467 g/mol. The molecule has 0 saturated heterocycles. The first-order chi connectivity index (χ1) is 17.1. The van der Waals surface area contributed by atoms with E-state index in [1.807, 2.05) is 68.4 Å². The SMILES string of the molecule is Cc1cc(OCc2ccc3ccccc3n2)ccc1OCc1ccc(OCc2nn[nH]n2)c(C)c1. The fourth-order valence-electron chi connectivity index (χ4n) is 3.73. The molecule has 0 unspecified atom stereocenters. The number of nitrogens with one attached hydrogen (secondary N) is 1. The summed E-state index contributed by atoms with van der Waals surface area (Å²) in [6.07, 6.45) is 0. The smallest absolute Gasteiger partial charge is 0.211 e. The molecule has 3 aromatic carbocycles. The summed E-state index contributed by atoms with van der Waals surface area (Å²) >= 11 is 0. The van der Waals surface area contributed by atoms with Gasteiger partial charge in [-0.3, -0.25) is 0 Å². The van der Waals surface area contributed by atoms with Gasteiger partial charge in [-0.15, -0.1) is 10.2 Å². The maximum absolute atomic E-state index is 6.06. The van der Waals surface area contributed by atoms with Crippen molar-refractivity contribution in [2.45, 2.75) is 33.7 Å². The molecule has 8 heteroatoms. The number of para-hydroxylation sites is 1. The maximum Gasteiger partial charge on any atom is 0.211 e. The second-order valence-electron chi connectivity index (χ2n) is 8.22. The fraction of sp³-hybridized carbons (Fsp3) is 0.185. The highest BCUT2D eigenvalue weighted by atomic mass is 16.5. The van der Waals surface area contributed by atoms with Crippen LogP contribution in [0.15, 0.2) is 72.8 Å². The third kappa shape index (κ3) is 5.55. The van der Waals surface area contributed by atoms with Crippen molar-refractivity contribution in [3.05, 3.63) is 101 Å². The average molecular weight is 468 g/mol. The van der Waals surface area contributed by atoms with Crippen LogP contribution < -0.4 is 14.2 Å². The molecule has 0 amide bonds. The first-order valence-corrected chi connectivity index (χ1v) is 11.3. The minimum atomic E-state index is 0.262. The average Bonchev–Trinajstić information content (AvgIpc) is 3.40. The van der Waals surface area contributed by atoms with E-state index in [9.17, 15) is 0 Å². The predicted molar refractivity (Wildman–Crippen MR) is 131 cm³/mol. The zero-order chi connectivity index (χ0) is 24.0. The number of H-pyrrole nitrogens is 1. The van der Waals surface area contributed by atoms with Crippen LogP contribution >= 0.6 is 0 Å². The molecule has 0 aliphatic heterocycles. The normalized spacial score (nSPS) is 10.9. The summed E-state index contributed by atoms with van der Waals surface area (Å²) in [5, 5.41) is 14.8. The van der Waals surface area contributed by atoms with Crippen molar-refractivity contribution in [1.82, 2.24) is 25.6 Å². The second-order valence-corrected chi connectivity index (χ2v) is 8.22. The number of benzene rings is 3. The topological polar surface area (TPSA) is 95.0 Å². The molecule has 0 spiro atoms. The van der Waals surface area contributed by atoms with Crippen LogP contribution in [0.5, 0.6) is 17.2 Å². The molecule has 0 fully saturated rings. The van der Waals surface area contributed by atoms with Gasteiger partial charge in [0.2, 0.25) is 5.82 Å². The molecule has 0 atom stereocenters. The van der Waals surface area contributed by atoms with E-state index in [0.717, 1.165) is 50.5 Å². The van der Waals surface area contributed by atoms with E-state index in [1.54, 1.807) is 0 Å². The summed E-state index contributed by atoms with van der Waals surface area (Å²) < 4.78 is 17.8. The highest BCUT2D eigenvalue weighted by Gasteiger charge is 2.07. The number of hydrogen-bond donors (Lipinski definition) is 1. The quantitative estimate of drug-likeness (QED) is 0.322. The Morgan fingerprint density at radius 1 is 0.743 bits per heavy atom. The summed E-state index contributed by atoms with van der Waals surface area (Å²) in [5.74, 6) is 2.88. The molecule has 0 saturated carbocycles. The molecule has 8 nitrogen and oxygen atoms in total. The molecule has 0 radical (unpaired) electrons. The lowest BCUT2D eigenvalue weighted by atomic mass is 10.1. The molecule has 5 rings (SSSR count). The van der Waals surface area contributed by atoms with Gasteiger partial charge in [-0.1, -0.05) is 35.5 Å². The number of aryl methyl sites for hydroxylation is 2. The molecule has 35 heavy (non-hydrogen) atoms. The third-order valence-corrected chi connectivity index (χ3v) is 5.57. The molecule has 2 aromatic heterocycles. The van der Waals surface area contributed by atoms with Gasteiger partial charge in [0.05, 0.1) is 11.2 Å². The number of fused-ring (bicyclic) bond motifs is 1. The van der Waals surface area contributed by atoms with Crippen molar-refractivity contribution in [1.29, 1.82) is 0 Å². The van der Waals surface area contributed by atoms with E-state index in [-0.39, 0.29) is 6.61 Å². The van der Waals surface area contributed by atoms with Crippen molar-refractivity contribution < 1.29 is 14.2 Å². The number of tetrazole rings is 1. The van der Waals surface area contributed by atoms with Crippen molar-refractivity contribution in [3.8, 4) is 17.2 Å². The molecule has 5 aromatic rings. The van der Waals surface area contributed by atoms with Crippen LogP contribution in [0.3, 0.4) is 0 Å². The Kier molecular flexibility index (Phi) is 6.52. The van der Waals surface area contributed by atoms with Crippen molar-refractivity contribution in [2.75, 3.05) is 0 Å². The van der Waals surface area contributed by atoms with Crippen LogP contribution in [0.1, 0.15) is 28.2 Å². The maximum atomic E-state index is 6.06. The number of rotatable bonds is 9. The molecule has 0 bridgehead atoms. The Morgan fingerprint density at radius 3 is 2.34 bits per heavy atom. The molecular formula is C27H25N5O3. The van der Waals surface area contributed by atoms with E-state index in [0.29, 0.717) is 19.0 Å². The second kappa shape index (κ2) is 10.2. The van der Waals surface area contributed by atoms with Gasteiger partial charge < -0.3 is 14.2 Å². The van der Waals surface area contributed by atoms with Crippen LogP contribution in [0, 0.1) is 13.8 Å². The van der Waals surface area contributed by atoms with Gasteiger partial charge in [0.25, 0.3) is 0 Å². The van der Waals surface area contributed by atoms with E-state index in [2.05, 4.69) is 43.8 Å². The van der Waals surface area contributed by atoms with Gasteiger partial charge in [-0.2, -0.15) is 5.21 Å². The Bertz CT molecular complexity index is 1440. The van der Waals surface area contributed by atoms with Gasteiger partial charge in [0.15, 0.2) is 6.61 Å². The largest absolute Gasteiger partial charge is 0.489 e. The first kappa shape index (κ1) is 22.3. The molecule has 1 N–H and O–H groups in total. The number of aromatic nitrogens is 5. The zero-order valence-corrected chi connectivity index (χ0v) is 19.6. The Morgan fingerprint density at radius 2 is 1.54 bits per heavy atom. The number of pyridine rings is 1. The van der Waals surface area contributed by atoms with Crippen LogP contribution in [0.4, 0.5) is 0 Å². The standard InChI is InChI=1S/C27H25N5O3/c1-18-13-20(7-11-25(18)35-17-27-29-31-32-30-27)15-34-26-12-10-23(14-19(26)2)33-16-22-9-8-21-5-3-4-6-24(21)28-22/h3-14H,15-17H2,1-2H3,(H,29,30,31,32). The zero-order valence-electron chi connectivity index (χ0n) is 19.6. The lowest BCUT2D eigenvalue weighted by Gasteiger charge is -2.13. The van der Waals surface area contributed by atoms with Crippen LogP contribution in [0.2, 0.25) is 0 Å². The minimum absolute atomic E-state index is 0.262. The van der Waals surface area contributed by atoms with Crippen LogP contribution in [-0.2, 0) is 19.8 Å². The van der Waals surface area contributed by atoms with E-state index in [1.165, 1.54) is 0 Å². The van der Waals surface area contributed by atoms with Gasteiger partial charge in [-0.25, -0.2) is 4.98 Å². The van der Waals surface area contributed by atoms with Crippen LogP contribution in [-0.4, -0.2) is 25.6 Å². The van der Waals surface area contributed by atoms with Gasteiger partial charge in [-0.05, 0) is 73.0 Å². The number of hydrogen-bond acceptors (Lipinski definition) is 7. The summed E-state index contributed by atoms with van der Waals surface area (Å²) in [7, 11) is 0.